The van der Waals surface area contributed by atoms with Gasteiger partial charge < -0.3 is 10.4 Å². The second-order valence-electron chi connectivity index (χ2n) is 7.06. The van der Waals surface area contributed by atoms with Crippen molar-refractivity contribution >= 4 is 17.2 Å². The summed E-state index contributed by atoms with van der Waals surface area (Å²) >= 11 is 1.62. The molecule has 1 aromatic heterocycles. The number of carbonyl (C=O) groups excluding carboxylic acids is 1. The Balaban J connectivity index is 1.78. The molecule has 4 nitrogen and oxygen atoms in total. The summed E-state index contributed by atoms with van der Waals surface area (Å²) in [5.74, 6) is 0.444. The molecule has 0 saturated heterocycles. The molecule has 5 heteroatoms. The lowest BCUT2D eigenvalue weighted by molar-refractivity contribution is -0.120. The Bertz CT molecular complexity index is 479. The second kappa shape index (κ2) is 6.88. The van der Waals surface area contributed by atoms with Gasteiger partial charge in [0.05, 0.1) is 23.2 Å². The van der Waals surface area contributed by atoms with Crippen LogP contribution in [0.5, 0.6) is 0 Å². The number of rotatable bonds is 4. The van der Waals surface area contributed by atoms with Crippen molar-refractivity contribution in [3.63, 3.8) is 0 Å². The Morgan fingerprint density at radius 1 is 1.48 bits per heavy atom. The van der Waals surface area contributed by atoms with Gasteiger partial charge in [-0.05, 0) is 25.2 Å². The number of aliphatic hydroxyl groups is 1. The highest BCUT2D eigenvalue weighted by atomic mass is 32.1. The van der Waals surface area contributed by atoms with E-state index in [-0.39, 0.29) is 17.4 Å². The number of hydrogen-bond acceptors (Lipinski definition) is 4. The van der Waals surface area contributed by atoms with Crippen molar-refractivity contribution in [2.24, 2.45) is 5.92 Å². The van der Waals surface area contributed by atoms with Gasteiger partial charge in [-0.1, -0.05) is 27.2 Å². The molecule has 2 rings (SSSR count). The van der Waals surface area contributed by atoms with Gasteiger partial charge in [-0.2, -0.15) is 0 Å². The van der Waals surface area contributed by atoms with E-state index >= 15 is 0 Å². The topological polar surface area (TPSA) is 62.2 Å². The molecule has 0 spiro atoms. The van der Waals surface area contributed by atoms with E-state index in [2.05, 4.69) is 31.1 Å². The molecule has 1 fully saturated rings. The highest BCUT2D eigenvalue weighted by Crippen LogP contribution is 2.26. The van der Waals surface area contributed by atoms with Gasteiger partial charge in [0, 0.05) is 17.3 Å². The summed E-state index contributed by atoms with van der Waals surface area (Å²) in [5, 5.41) is 15.7. The van der Waals surface area contributed by atoms with Gasteiger partial charge >= 0.3 is 0 Å². The summed E-state index contributed by atoms with van der Waals surface area (Å²) in [6.07, 6.45) is 4.03. The molecule has 0 radical (unpaired) electrons. The van der Waals surface area contributed by atoms with Crippen LogP contribution in [0.1, 0.15) is 57.2 Å². The average Bonchev–Trinajstić information content (AvgIpc) is 2.85. The molecule has 0 aromatic carbocycles. The van der Waals surface area contributed by atoms with Crippen LogP contribution < -0.4 is 5.32 Å². The third-order valence-electron chi connectivity index (χ3n) is 3.88. The van der Waals surface area contributed by atoms with Crippen LogP contribution in [0.4, 0.5) is 0 Å². The summed E-state index contributed by atoms with van der Waals surface area (Å²) in [7, 11) is 0. The molecule has 1 heterocycles. The highest BCUT2D eigenvalue weighted by Gasteiger charge is 2.21. The molecular formula is C16H26N2O2S. The summed E-state index contributed by atoms with van der Waals surface area (Å²) < 4.78 is 0. The minimum atomic E-state index is -0.187. The van der Waals surface area contributed by atoms with E-state index in [1.54, 1.807) is 11.3 Å². The number of aromatic nitrogens is 1. The molecule has 2 N–H and O–H groups in total. The van der Waals surface area contributed by atoms with Crippen LogP contribution in [0.3, 0.4) is 0 Å². The second-order valence-corrected chi connectivity index (χ2v) is 7.92. The zero-order valence-corrected chi connectivity index (χ0v) is 14.0. The number of hydrogen-bond donors (Lipinski definition) is 2. The van der Waals surface area contributed by atoms with Gasteiger partial charge in [0.1, 0.15) is 0 Å². The molecule has 1 aliphatic rings. The normalized spacial score (nSPS) is 23.0. The van der Waals surface area contributed by atoms with Crippen molar-refractivity contribution < 1.29 is 9.90 Å². The first-order chi connectivity index (χ1) is 9.84. The molecule has 21 heavy (non-hydrogen) atoms. The average molecular weight is 310 g/mol. The fourth-order valence-electron chi connectivity index (χ4n) is 2.67. The largest absolute Gasteiger partial charge is 0.393 e. The lowest BCUT2D eigenvalue weighted by Crippen LogP contribution is -2.33. The molecular weight excluding hydrogens is 284 g/mol. The molecule has 0 bridgehead atoms. The first kappa shape index (κ1) is 16.4. The fraction of sp³-hybridized carbons (Fsp3) is 0.750. The Hall–Kier alpha value is -0.940. The van der Waals surface area contributed by atoms with Crippen molar-refractivity contribution in [3.8, 4) is 0 Å². The number of carbonyl (C=O) groups is 1. The monoisotopic (exact) mass is 310 g/mol. The van der Waals surface area contributed by atoms with Gasteiger partial charge in [0.2, 0.25) is 5.91 Å². The van der Waals surface area contributed by atoms with Gasteiger partial charge in [-0.25, -0.2) is 4.98 Å². The van der Waals surface area contributed by atoms with Gasteiger partial charge in [0.25, 0.3) is 0 Å². The van der Waals surface area contributed by atoms with E-state index in [0.29, 0.717) is 18.9 Å². The lowest BCUT2D eigenvalue weighted by atomic mass is 9.87. The molecule has 1 amide bonds. The van der Waals surface area contributed by atoms with Crippen molar-refractivity contribution in [1.29, 1.82) is 0 Å². The van der Waals surface area contributed by atoms with Gasteiger partial charge in [-0.3, -0.25) is 4.79 Å². The molecule has 2 unspecified atom stereocenters. The quantitative estimate of drug-likeness (QED) is 0.898. The van der Waals surface area contributed by atoms with Crippen LogP contribution in [-0.4, -0.2) is 28.6 Å². The Kier molecular flexibility index (Phi) is 5.38. The minimum absolute atomic E-state index is 0.0285. The summed E-state index contributed by atoms with van der Waals surface area (Å²) in [5.41, 5.74) is 0.892. The van der Waals surface area contributed by atoms with Crippen molar-refractivity contribution in [2.45, 2.75) is 64.4 Å². The molecule has 1 saturated carbocycles. The highest BCUT2D eigenvalue weighted by molar-refractivity contribution is 7.09. The number of nitrogens with one attached hydrogen (secondary N) is 1. The SMILES string of the molecule is CC(C)(C)c1nc(CC(=O)NCC2CCCC(O)C2)cs1. The fourth-order valence-corrected chi connectivity index (χ4v) is 3.57. The van der Waals surface area contributed by atoms with E-state index in [4.69, 9.17) is 0 Å². The maximum Gasteiger partial charge on any atom is 0.226 e. The van der Waals surface area contributed by atoms with E-state index in [0.717, 1.165) is 36.4 Å². The molecule has 2 atom stereocenters. The zero-order valence-electron chi connectivity index (χ0n) is 13.2. The van der Waals surface area contributed by atoms with Gasteiger partial charge in [0.15, 0.2) is 0 Å². The standard InChI is InChI=1S/C16H26N2O2S/c1-16(2,3)15-18-12(10-21-15)8-14(20)17-9-11-5-4-6-13(19)7-11/h10-11,13,19H,4-9H2,1-3H3,(H,17,20). The van der Waals surface area contributed by atoms with Crippen molar-refractivity contribution in [3.05, 3.63) is 16.1 Å². The van der Waals surface area contributed by atoms with E-state index in [1.165, 1.54) is 0 Å². The van der Waals surface area contributed by atoms with Crippen LogP contribution >= 0.6 is 11.3 Å². The van der Waals surface area contributed by atoms with Crippen LogP contribution in [0.2, 0.25) is 0 Å². The van der Waals surface area contributed by atoms with Gasteiger partial charge in [-0.15, -0.1) is 11.3 Å². The smallest absolute Gasteiger partial charge is 0.226 e. The number of aliphatic hydroxyl groups excluding tert-OH is 1. The Labute approximate surface area is 131 Å². The van der Waals surface area contributed by atoms with Crippen molar-refractivity contribution in [2.75, 3.05) is 6.54 Å². The molecule has 118 valence electrons. The summed E-state index contributed by atoms with van der Waals surface area (Å²) in [4.78, 5) is 16.5. The molecule has 0 aliphatic heterocycles. The Morgan fingerprint density at radius 2 is 2.24 bits per heavy atom. The predicted molar refractivity (Wildman–Crippen MR) is 85.5 cm³/mol. The molecule has 1 aromatic rings. The van der Waals surface area contributed by atoms with Crippen LogP contribution in [-0.2, 0) is 16.6 Å². The first-order valence-corrected chi connectivity index (χ1v) is 8.62. The lowest BCUT2D eigenvalue weighted by Gasteiger charge is -2.25. The third-order valence-corrected chi connectivity index (χ3v) is 5.19. The number of nitrogens with zero attached hydrogens (tertiary/aromatic N) is 1. The van der Waals surface area contributed by atoms with E-state index < -0.39 is 0 Å². The first-order valence-electron chi connectivity index (χ1n) is 7.74. The van der Waals surface area contributed by atoms with E-state index in [1.807, 2.05) is 5.38 Å². The number of thiazole rings is 1. The maximum absolute atomic E-state index is 12.0. The zero-order chi connectivity index (χ0) is 15.5. The summed E-state index contributed by atoms with van der Waals surface area (Å²) in [6.45, 7) is 7.06. The predicted octanol–water partition coefficient (Wildman–Crippen LogP) is 2.65. The van der Waals surface area contributed by atoms with Crippen LogP contribution in [0.15, 0.2) is 5.38 Å². The Morgan fingerprint density at radius 3 is 2.86 bits per heavy atom. The summed E-state index contributed by atoms with van der Waals surface area (Å²) in [6, 6.07) is 0. The van der Waals surface area contributed by atoms with Crippen LogP contribution in [0, 0.1) is 5.92 Å². The van der Waals surface area contributed by atoms with E-state index in [9.17, 15) is 9.90 Å². The van der Waals surface area contributed by atoms with Crippen LogP contribution in [0.25, 0.3) is 0 Å². The minimum Gasteiger partial charge on any atom is -0.393 e. The van der Waals surface area contributed by atoms with Crippen molar-refractivity contribution in [1.82, 2.24) is 10.3 Å². The number of amides is 1. The molecule has 1 aliphatic carbocycles. The maximum atomic E-state index is 12.0. The third kappa shape index (κ3) is 5.08.